The largest absolute Gasteiger partial charge is 0.370 e. The van der Waals surface area contributed by atoms with Gasteiger partial charge in [0.1, 0.15) is 5.82 Å². The Balaban J connectivity index is 1.59. The minimum atomic E-state index is -0.448. The molecule has 0 aromatic heterocycles. The lowest BCUT2D eigenvalue weighted by Gasteiger charge is -2.33. The molecule has 2 fully saturated rings. The fraction of sp³-hybridized carbons (Fsp3) is 0.556. The first kappa shape index (κ1) is 17.5. The van der Waals surface area contributed by atoms with Gasteiger partial charge in [-0.15, -0.1) is 0 Å². The van der Waals surface area contributed by atoms with Crippen molar-refractivity contribution in [3.63, 3.8) is 0 Å². The predicted molar refractivity (Wildman–Crippen MR) is 93.7 cm³/mol. The maximum absolute atomic E-state index is 13.1. The molecule has 136 valence electrons. The number of amides is 3. The van der Waals surface area contributed by atoms with Crippen molar-refractivity contribution in [1.29, 1.82) is 0 Å². The molecule has 2 aliphatic heterocycles. The van der Waals surface area contributed by atoms with Crippen molar-refractivity contribution < 1.29 is 14.0 Å². The number of halogens is 1. The number of nitrogens with two attached hydrogens (primary N) is 1. The van der Waals surface area contributed by atoms with Crippen LogP contribution in [-0.2, 0) is 4.79 Å². The summed E-state index contributed by atoms with van der Waals surface area (Å²) in [4.78, 5) is 29.9. The van der Waals surface area contributed by atoms with Crippen molar-refractivity contribution in [2.75, 3.05) is 44.2 Å². The molecule has 2 aliphatic rings. The number of piperidine rings is 1. The van der Waals surface area contributed by atoms with Crippen LogP contribution in [-0.4, -0.2) is 61.0 Å². The van der Waals surface area contributed by atoms with Crippen molar-refractivity contribution in [2.45, 2.75) is 19.3 Å². The fourth-order valence-electron chi connectivity index (χ4n) is 3.69. The van der Waals surface area contributed by atoms with E-state index >= 15 is 0 Å². The Kier molecular flexibility index (Phi) is 5.40. The highest BCUT2D eigenvalue weighted by molar-refractivity contribution is 5.80. The van der Waals surface area contributed by atoms with Gasteiger partial charge < -0.3 is 20.4 Å². The van der Waals surface area contributed by atoms with Gasteiger partial charge in [-0.25, -0.2) is 9.18 Å². The van der Waals surface area contributed by atoms with Gasteiger partial charge in [0.25, 0.3) is 0 Å². The van der Waals surface area contributed by atoms with Crippen molar-refractivity contribution in [3.8, 4) is 0 Å². The Labute approximate surface area is 147 Å². The zero-order valence-electron chi connectivity index (χ0n) is 14.4. The van der Waals surface area contributed by atoms with E-state index in [-0.39, 0.29) is 17.6 Å². The second-order valence-corrected chi connectivity index (χ2v) is 6.77. The molecular weight excluding hydrogens is 323 g/mol. The van der Waals surface area contributed by atoms with Crippen LogP contribution in [0.15, 0.2) is 24.3 Å². The second-order valence-electron chi connectivity index (χ2n) is 6.77. The standard InChI is InChI=1S/C18H25FN4O2/c19-15-4-6-16(7-5-15)21-9-2-10-22(12-11-21)17(24)14-3-1-8-23(13-14)18(20)25/h4-7,14H,1-3,8-13H2,(H2,20,25)/t14-/m1/s1. The number of primary amides is 1. The zero-order valence-corrected chi connectivity index (χ0v) is 14.4. The average Bonchev–Trinajstić information content (AvgIpc) is 2.88. The molecule has 6 nitrogen and oxygen atoms in total. The van der Waals surface area contributed by atoms with Gasteiger partial charge in [-0.05, 0) is 43.5 Å². The Morgan fingerprint density at radius 3 is 2.40 bits per heavy atom. The lowest BCUT2D eigenvalue weighted by Crippen LogP contribution is -2.48. The lowest BCUT2D eigenvalue weighted by molar-refractivity contribution is -0.136. The molecule has 2 saturated heterocycles. The molecule has 3 amide bonds. The number of nitrogens with zero attached hydrogens (tertiary/aromatic N) is 3. The molecule has 1 atom stereocenters. The number of carbonyl (C=O) groups is 2. The highest BCUT2D eigenvalue weighted by Gasteiger charge is 2.31. The van der Waals surface area contributed by atoms with Crippen molar-refractivity contribution in [3.05, 3.63) is 30.1 Å². The third-order valence-corrected chi connectivity index (χ3v) is 5.08. The van der Waals surface area contributed by atoms with Crippen molar-refractivity contribution in [2.24, 2.45) is 11.7 Å². The summed E-state index contributed by atoms with van der Waals surface area (Å²) in [5.41, 5.74) is 6.33. The van der Waals surface area contributed by atoms with Crippen LogP contribution in [0.5, 0.6) is 0 Å². The normalized spacial score (nSPS) is 21.8. The van der Waals surface area contributed by atoms with Crippen LogP contribution in [0.2, 0.25) is 0 Å². The molecule has 2 heterocycles. The summed E-state index contributed by atoms with van der Waals surface area (Å²) in [5.74, 6) is -0.280. The molecule has 0 spiro atoms. The first-order valence-corrected chi connectivity index (χ1v) is 8.88. The zero-order chi connectivity index (χ0) is 17.8. The van der Waals surface area contributed by atoms with Gasteiger partial charge in [-0.2, -0.15) is 0 Å². The summed E-state index contributed by atoms with van der Waals surface area (Å²) in [6.07, 6.45) is 2.49. The van der Waals surface area contributed by atoms with Crippen LogP contribution in [0.3, 0.4) is 0 Å². The Bertz CT molecular complexity index is 622. The summed E-state index contributed by atoms with van der Waals surface area (Å²) < 4.78 is 13.1. The Morgan fingerprint density at radius 2 is 1.68 bits per heavy atom. The van der Waals surface area contributed by atoms with E-state index in [1.165, 1.54) is 12.1 Å². The lowest BCUT2D eigenvalue weighted by atomic mass is 9.96. The van der Waals surface area contributed by atoms with E-state index < -0.39 is 6.03 Å². The van der Waals surface area contributed by atoms with Crippen molar-refractivity contribution >= 4 is 17.6 Å². The predicted octanol–water partition coefficient (Wildman–Crippen LogP) is 1.66. The number of rotatable bonds is 2. The summed E-state index contributed by atoms with van der Waals surface area (Å²) >= 11 is 0. The third-order valence-electron chi connectivity index (χ3n) is 5.08. The van der Waals surface area contributed by atoms with Gasteiger partial charge in [-0.1, -0.05) is 0 Å². The summed E-state index contributed by atoms with van der Waals surface area (Å²) in [6.45, 7) is 3.98. The monoisotopic (exact) mass is 348 g/mol. The van der Waals surface area contributed by atoms with Crippen LogP contribution >= 0.6 is 0 Å². The number of urea groups is 1. The third kappa shape index (κ3) is 4.21. The molecule has 0 unspecified atom stereocenters. The first-order valence-electron chi connectivity index (χ1n) is 8.88. The van der Waals surface area contributed by atoms with Crippen LogP contribution < -0.4 is 10.6 Å². The number of carbonyl (C=O) groups excluding carboxylic acids is 2. The molecule has 2 N–H and O–H groups in total. The van der Waals surface area contributed by atoms with Gasteiger partial charge in [-0.3, -0.25) is 4.79 Å². The molecule has 7 heteroatoms. The number of benzene rings is 1. The van der Waals surface area contributed by atoms with Crippen LogP contribution in [0, 0.1) is 11.7 Å². The number of likely N-dealkylation sites (tertiary alicyclic amines) is 1. The molecule has 1 aromatic rings. The molecule has 3 rings (SSSR count). The average molecular weight is 348 g/mol. The number of hydrogen-bond acceptors (Lipinski definition) is 3. The Hall–Kier alpha value is -2.31. The van der Waals surface area contributed by atoms with Gasteiger partial charge in [0, 0.05) is 45.0 Å². The van der Waals surface area contributed by atoms with Crippen LogP contribution in [0.1, 0.15) is 19.3 Å². The first-order chi connectivity index (χ1) is 12.0. The Morgan fingerprint density at radius 1 is 0.960 bits per heavy atom. The van der Waals surface area contributed by atoms with Crippen LogP contribution in [0.4, 0.5) is 14.9 Å². The van der Waals surface area contributed by atoms with E-state index in [0.29, 0.717) is 26.2 Å². The maximum Gasteiger partial charge on any atom is 0.314 e. The molecule has 0 bridgehead atoms. The SMILES string of the molecule is NC(=O)N1CCC[C@@H](C(=O)N2CCCN(c3ccc(F)cc3)CC2)C1. The van der Waals surface area contributed by atoms with Gasteiger partial charge >= 0.3 is 6.03 Å². The minimum absolute atomic E-state index is 0.118. The quantitative estimate of drug-likeness (QED) is 0.884. The van der Waals surface area contributed by atoms with E-state index in [9.17, 15) is 14.0 Å². The van der Waals surface area contributed by atoms with Gasteiger partial charge in [0.05, 0.1) is 5.92 Å². The van der Waals surface area contributed by atoms with E-state index in [4.69, 9.17) is 5.73 Å². The number of anilines is 1. The summed E-state index contributed by atoms with van der Waals surface area (Å²) in [5, 5.41) is 0. The summed E-state index contributed by atoms with van der Waals surface area (Å²) in [6, 6.07) is 6.03. The van der Waals surface area contributed by atoms with E-state index in [2.05, 4.69) is 4.90 Å². The highest BCUT2D eigenvalue weighted by Crippen LogP contribution is 2.21. The van der Waals surface area contributed by atoms with Crippen molar-refractivity contribution in [1.82, 2.24) is 9.80 Å². The van der Waals surface area contributed by atoms with Gasteiger partial charge in [0.15, 0.2) is 0 Å². The second kappa shape index (κ2) is 7.72. The maximum atomic E-state index is 13.1. The molecule has 25 heavy (non-hydrogen) atoms. The molecule has 0 radical (unpaired) electrons. The molecular formula is C18H25FN4O2. The van der Waals surface area contributed by atoms with E-state index in [0.717, 1.165) is 38.0 Å². The molecule has 1 aromatic carbocycles. The van der Waals surface area contributed by atoms with Crippen LogP contribution in [0.25, 0.3) is 0 Å². The molecule has 0 saturated carbocycles. The minimum Gasteiger partial charge on any atom is -0.370 e. The highest BCUT2D eigenvalue weighted by atomic mass is 19.1. The summed E-state index contributed by atoms with van der Waals surface area (Å²) in [7, 11) is 0. The van der Waals surface area contributed by atoms with E-state index in [1.54, 1.807) is 17.0 Å². The fourth-order valence-corrected chi connectivity index (χ4v) is 3.69. The number of hydrogen-bond donors (Lipinski definition) is 1. The van der Waals surface area contributed by atoms with Gasteiger partial charge in [0.2, 0.25) is 5.91 Å². The smallest absolute Gasteiger partial charge is 0.314 e. The topological polar surface area (TPSA) is 69.9 Å². The van der Waals surface area contributed by atoms with E-state index in [1.807, 2.05) is 4.90 Å². The molecule has 0 aliphatic carbocycles.